The highest BCUT2D eigenvalue weighted by atomic mass is 16.5. The average Bonchev–Trinajstić information content (AvgIpc) is 2.13. The van der Waals surface area contributed by atoms with Crippen molar-refractivity contribution in [2.24, 2.45) is 11.3 Å². The van der Waals surface area contributed by atoms with Gasteiger partial charge in [-0.3, -0.25) is 0 Å². The summed E-state index contributed by atoms with van der Waals surface area (Å²) in [6, 6.07) is 0. The molecule has 15 heavy (non-hydrogen) atoms. The normalized spacial score (nSPS) is 18.9. The standard InChI is InChI=1S/C12H27BO2/c1-7-10(14)11(4,5)8-15-12(6,13)9(2)3/h9-10,14H,7-8,13H2,1-6H3. The van der Waals surface area contributed by atoms with Crippen LogP contribution < -0.4 is 0 Å². The zero-order chi connectivity index (χ0) is 12.3. The Morgan fingerprint density at radius 3 is 2.07 bits per heavy atom. The summed E-state index contributed by atoms with van der Waals surface area (Å²) in [5.41, 5.74) is -0.286. The van der Waals surface area contributed by atoms with Gasteiger partial charge in [0.1, 0.15) is 7.85 Å². The smallest absolute Gasteiger partial charge is 0.143 e. The van der Waals surface area contributed by atoms with E-state index >= 15 is 0 Å². The first-order valence-electron chi connectivity index (χ1n) is 5.95. The number of aliphatic hydroxyl groups is 1. The van der Waals surface area contributed by atoms with Crippen LogP contribution in [-0.4, -0.2) is 31.2 Å². The second kappa shape index (κ2) is 5.35. The molecule has 1 N–H and O–H groups in total. The van der Waals surface area contributed by atoms with Crippen molar-refractivity contribution in [2.45, 2.75) is 59.6 Å². The third kappa shape index (κ3) is 4.56. The van der Waals surface area contributed by atoms with Crippen molar-refractivity contribution >= 4 is 7.85 Å². The van der Waals surface area contributed by atoms with Crippen LogP contribution in [0.25, 0.3) is 0 Å². The summed E-state index contributed by atoms with van der Waals surface area (Å²) >= 11 is 0. The van der Waals surface area contributed by atoms with Crippen LogP contribution in [0.3, 0.4) is 0 Å². The molecule has 0 amide bonds. The van der Waals surface area contributed by atoms with Gasteiger partial charge in [-0.25, -0.2) is 0 Å². The van der Waals surface area contributed by atoms with Gasteiger partial charge in [-0.1, -0.05) is 34.6 Å². The maximum atomic E-state index is 9.84. The fourth-order valence-electron chi connectivity index (χ4n) is 1.19. The molecule has 0 aliphatic heterocycles. The number of aliphatic hydroxyl groups excluding tert-OH is 1. The molecule has 0 radical (unpaired) electrons. The molecule has 0 saturated heterocycles. The summed E-state index contributed by atoms with van der Waals surface area (Å²) in [5, 5.41) is 9.84. The lowest BCUT2D eigenvalue weighted by atomic mass is 9.74. The van der Waals surface area contributed by atoms with E-state index in [-0.39, 0.29) is 17.0 Å². The van der Waals surface area contributed by atoms with E-state index in [4.69, 9.17) is 4.74 Å². The van der Waals surface area contributed by atoms with Gasteiger partial charge in [0.25, 0.3) is 0 Å². The molecule has 0 fully saturated rings. The lowest BCUT2D eigenvalue weighted by Crippen LogP contribution is -2.42. The van der Waals surface area contributed by atoms with Gasteiger partial charge in [-0.15, -0.1) is 0 Å². The predicted molar refractivity (Wildman–Crippen MR) is 67.8 cm³/mol. The first-order valence-corrected chi connectivity index (χ1v) is 5.95. The van der Waals surface area contributed by atoms with Crippen molar-refractivity contribution in [1.82, 2.24) is 0 Å². The van der Waals surface area contributed by atoms with Crippen LogP contribution >= 0.6 is 0 Å². The van der Waals surface area contributed by atoms with Gasteiger partial charge in [-0.05, 0) is 19.3 Å². The summed E-state index contributed by atoms with van der Waals surface area (Å²) in [5.74, 6) is 0.479. The van der Waals surface area contributed by atoms with Gasteiger partial charge in [0.2, 0.25) is 0 Å². The van der Waals surface area contributed by atoms with Crippen LogP contribution in [0.15, 0.2) is 0 Å². The summed E-state index contributed by atoms with van der Waals surface area (Å²) in [4.78, 5) is 0. The Kier molecular flexibility index (Phi) is 5.35. The van der Waals surface area contributed by atoms with E-state index in [1.807, 2.05) is 6.92 Å². The molecule has 0 aliphatic rings. The zero-order valence-corrected chi connectivity index (χ0v) is 11.4. The highest BCUT2D eigenvalue weighted by Gasteiger charge is 2.31. The Morgan fingerprint density at radius 2 is 1.73 bits per heavy atom. The summed E-state index contributed by atoms with van der Waals surface area (Å²) in [6.07, 6.45) is 0.485. The van der Waals surface area contributed by atoms with E-state index in [0.717, 1.165) is 6.42 Å². The fraction of sp³-hybridized carbons (Fsp3) is 1.00. The molecule has 0 heterocycles. The van der Waals surface area contributed by atoms with Gasteiger partial charge in [0.15, 0.2) is 0 Å². The molecule has 2 nitrogen and oxygen atoms in total. The molecule has 0 bridgehead atoms. The van der Waals surface area contributed by atoms with E-state index in [0.29, 0.717) is 12.5 Å². The molecule has 90 valence electrons. The lowest BCUT2D eigenvalue weighted by molar-refractivity contribution is -0.0779. The molecular weight excluding hydrogens is 187 g/mol. The fourth-order valence-corrected chi connectivity index (χ4v) is 1.19. The molecule has 3 heteroatoms. The predicted octanol–water partition coefficient (Wildman–Crippen LogP) is 1.81. The molecule has 2 unspecified atom stereocenters. The van der Waals surface area contributed by atoms with E-state index in [1.165, 1.54) is 0 Å². The number of hydrogen-bond donors (Lipinski definition) is 1. The molecule has 0 aromatic carbocycles. The lowest BCUT2D eigenvalue weighted by Gasteiger charge is -2.36. The first-order chi connectivity index (χ1) is 6.63. The molecule has 0 aromatic rings. The van der Waals surface area contributed by atoms with E-state index in [1.54, 1.807) is 0 Å². The third-order valence-electron chi connectivity index (χ3n) is 3.50. The van der Waals surface area contributed by atoms with Gasteiger partial charge in [-0.2, -0.15) is 0 Å². The largest absolute Gasteiger partial charge is 0.392 e. The van der Waals surface area contributed by atoms with Crippen LogP contribution in [0.5, 0.6) is 0 Å². The van der Waals surface area contributed by atoms with Crippen molar-refractivity contribution in [1.29, 1.82) is 0 Å². The van der Waals surface area contributed by atoms with Gasteiger partial charge in [0, 0.05) is 10.9 Å². The summed E-state index contributed by atoms with van der Waals surface area (Å²) < 4.78 is 5.92. The quantitative estimate of drug-likeness (QED) is 0.683. The number of hydrogen-bond acceptors (Lipinski definition) is 2. The van der Waals surface area contributed by atoms with E-state index < -0.39 is 0 Å². The molecule has 0 spiro atoms. The topological polar surface area (TPSA) is 29.5 Å². The second-order valence-electron chi connectivity index (χ2n) is 5.96. The third-order valence-corrected chi connectivity index (χ3v) is 3.50. The van der Waals surface area contributed by atoms with Crippen molar-refractivity contribution in [2.75, 3.05) is 6.61 Å². The average molecular weight is 214 g/mol. The Balaban J connectivity index is 4.26. The molecule has 0 rings (SSSR count). The minimum absolute atomic E-state index is 0.120. The Labute approximate surface area is 95.8 Å². The van der Waals surface area contributed by atoms with Crippen LogP contribution in [0.2, 0.25) is 0 Å². The van der Waals surface area contributed by atoms with E-state index in [9.17, 15) is 5.11 Å². The SMILES string of the molecule is BC(C)(OCC(C)(C)C(O)CC)C(C)C. The highest BCUT2D eigenvalue weighted by Crippen LogP contribution is 2.27. The minimum Gasteiger partial charge on any atom is -0.392 e. The van der Waals surface area contributed by atoms with E-state index in [2.05, 4.69) is 42.5 Å². The van der Waals surface area contributed by atoms with Crippen LogP contribution in [0, 0.1) is 11.3 Å². The highest BCUT2D eigenvalue weighted by molar-refractivity contribution is 6.14. The Morgan fingerprint density at radius 1 is 1.27 bits per heavy atom. The van der Waals surface area contributed by atoms with Crippen molar-refractivity contribution in [3.05, 3.63) is 0 Å². The second-order valence-corrected chi connectivity index (χ2v) is 5.96. The molecule has 0 aliphatic carbocycles. The number of ether oxygens (including phenoxy) is 1. The Hall–Kier alpha value is -0.0151. The number of rotatable bonds is 6. The maximum absolute atomic E-state index is 9.84. The molecule has 2 atom stereocenters. The molecular formula is C12H27BO2. The van der Waals surface area contributed by atoms with Crippen LogP contribution in [0.1, 0.15) is 48.0 Å². The van der Waals surface area contributed by atoms with Crippen LogP contribution in [0.4, 0.5) is 0 Å². The van der Waals surface area contributed by atoms with Gasteiger partial charge in [0.05, 0.1) is 12.7 Å². The Bertz CT molecular complexity index is 188. The van der Waals surface area contributed by atoms with Gasteiger partial charge < -0.3 is 9.84 Å². The van der Waals surface area contributed by atoms with Crippen molar-refractivity contribution < 1.29 is 9.84 Å². The van der Waals surface area contributed by atoms with Crippen molar-refractivity contribution in [3.8, 4) is 0 Å². The summed E-state index contributed by atoms with van der Waals surface area (Å²) in [6.45, 7) is 13.1. The molecule has 0 aromatic heterocycles. The monoisotopic (exact) mass is 214 g/mol. The van der Waals surface area contributed by atoms with Gasteiger partial charge >= 0.3 is 0 Å². The summed E-state index contributed by atoms with van der Waals surface area (Å²) in [7, 11) is 2.10. The zero-order valence-electron chi connectivity index (χ0n) is 11.4. The first kappa shape index (κ1) is 15.0. The minimum atomic E-state index is -0.291. The molecule has 0 saturated carbocycles. The maximum Gasteiger partial charge on any atom is 0.143 e. The van der Waals surface area contributed by atoms with Crippen molar-refractivity contribution in [3.63, 3.8) is 0 Å². The van der Waals surface area contributed by atoms with Crippen LogP contribution in [-0.2, 0) is 4.74 Å².